The summed E-state index contributed by atoms with van der Waals surface area (Å²) in [7, 11) is 2.69. The summed E-state index contributed by atoms with van der Waals surface area (Å²) >= 11 is 2.23. The van der Waals surface area contributed by atoms with Gasteiger partial charge in [0.2, 0.25) is 0 Å². The van der Waals surface area contributed by atoms with Crippen LogP contribution in [-0.2, 0) is 9.47 Å². The predicted molar refractivity (Wildman–Crippen MR) is 117 cm³/mol. The molecule has 142 valence electrons. The molecule has 5 nitrogen and oxygen atoms in total. The zero-order chi connectivity index (χ0) is 20.1. The third-order valence-electron chi connectivity index (χ3n) is 4.19. The second kappa shape index (κ2) is 8.88. The van der Waals surface area contributed by atoms with Crippen molar-refractivity contribution in [1.29, 1.82) is 0 Å². The number of para-hydroxylation sites is 2. The number of nitrogens with zero attached hydrogens (tertiary/aromatic N) is 1. The number of esters is 2. The van der Waals surface area contributed by atoms with E-state index in [1.807, 2.05) is 53.4 Å². The van der Waals surface area contributed by atoms with Crippen molar-refractivity contribution in [3.8, 4) is 0 Å². The molecule has 0 aromatic heterocycles. The van der Waals surface area contributed by atoms with Crippen LogP contribution in [0.5, 0.6) is 0 Å². The van der Waals surface area contributed by atoms with E-state index in [1.165, 1.54) is 14.2 Å². The molecule has 3 aromatic carbocycles. The number of anilines is 3. The molecule has 0 N–H and O–H groups in total. The van der Waals surface area contributed by atoms with Crippen molar-refractivity contribution in [2.45, 2.75) is 0 Å². The van der Waals surface area contributed by atoms with Gasteiger partial charge < -0.3 is 14.4 Å². The smallest absolute Gasteiger partial charge is 0.339 e. The first-order valence-electron chi connectivity index (χ1n) is 8.47. The highest BCUT2D eigenvalue weighted by molar-refractivity contribution is 14.1. The van der Waals surface area contributed by atoms with Gasteiger partial charge in [0.05, 0.1) is 36.7 Å². The molecule has 0 amide bonds. The van der Waals surface area contributed by atoms with E-state index in [1.54, 1.807) is 24.3 Å². The minimum absolute atomic E-state index is 0.392. The van der Waals surface area contributed by atoms with Crippen molar-refractivity contribution < 1.29 is 19.1 Å². The van der Waals surface area contributed by atoms with Gasteiger partial charge in [0.1, 0.15) is 0 Å². The Morgan fingerprint density at radius 1 is 0.714 bits per heavy atom. The number of ether oxygens (including phenoxy) is 2. The van der Waals surface area contributed by atoms with Crippen molar-refractivity contribution in [1.82, 2.24) is 0 Å². The number of hydrogen-bond acceptors (Lipinski definition) is 5. The summed E-state index contributed by atoms with van der Waals surface area (Å²) in [5.74, 6) is -0.914. The van der Waals surface area contributed by atoms with Crippen molar-refractivity contribution in [3.05, 3.63) is 87.5 Å². The van der Waals surface area contributed by atoms with Gasteiger partial charge in [0.25, 0.3) is 0 Å². The molecular formula is C22H18INO4. The lowest BCUT2D eigenvalue weighted by molar-refractivity contribution is 0.0594. The lowest BCUT2D eigenvalue weighted by Gasteiger charge is -2.28. The number of halogens is 1. The zero-order valence-corrected chi connectivity index (χ0v) is 17.5. The molecule has 0 spiro atoms. The van der Waals surface area contributed by atoms with Crippen LogP contribution in [0, 0.1) is 3.57 Å². The molecule has 28 heavy (non-hydrogen) atoms. The number of carbonyl (C=O) groups is 2. The highest BCUT2D eigenvalue weighted by Crippen LogP contribution is 2.39. The fourth-order valence-electron chi connectivity index (χ4n) is 2.90. The van der Waals surface area contributed by atoms with Gasteiger partial charge in [-0.25, -0.2) is 9.59 Å². The summed E-state index contributed by atoms with van der Waals surface area (Å²) in [5.41, 5.74) is 2.79. The Bertz CT molecular complexity index is 942. The molecule has 0 heterocycles. The Balaban J connectivity index is 2.29. The molecule has 0 saturated carbocycles. The Hall–Kier alpha value is -2.87. The van der Waals surface area contributed by atoms with Gasteiger partial charge in [-0.05, 0) is 71.1 Å². The van der Waals surface area contributed by atoms with Gasteiger partial charge in [-0.1, -0.05) is 24.3 Å². The second-order valence-electron chi connectivity index (χ2n) is 5.83. The van der Waals surface area contributed by atoms with E-state index in [0.29, 0.717) is 22.5 Å². The maximum Gasteiger partial charge on any atom is 0.339 e. The zero-order valence-electron chi connectivity index (χ0n) is 15.4. The third-order valence-corrected chi connectivity index (χ3v) is 4.90. The highest BCUT2D eigenvalue weighted by Gasteiger charge is 2.24. The first-order valence-corrected chi connectivity index (χ1v) is 9.55. The fraction of sp³-hybridized carbons (Fsp3) is 0.0909. The van der Waals surface area contributed by atoms with Crippen LogP contribution in [0.25, 0.3) is 0 Å². The average Bonchev–Trinajstić information content (AvgIpc) is 2.75. The molecule has 0 saturated heterocycles. The predicted octanol–water partition coefficient (Wildman–Crippen LogP) is 5.33. The second-order valence-corrected chi connectivity index (χ2v) is 7.07. The van der Waals surface area contributed by atoms with Gasteiger partial charge >= 0.3 is 11.9 Å². The molecule has 3 aromatic rings. The fourth-order valence-corrected chi connectivity index (χ4v) is 3.26. The Kier molecular flexibility index (Phi) is 6.30. The topological polar surface area (TPSA) is 55.8 Å². The van der Waals surface area contributed by atoms with Crippen molar-refractivity contribution >= 4 is 51.6 Å². The van der Waals surface area contributed by atoms with E-state index < -0.39 is 11.9 Å². The summed E-state index contributed by atoms with van der Waals surface area (Å²) < 4.78 is 11.0. The highest BCUT2D eigenvalue weighted by atomic mass is 127. The van der Waals surface area contributed by atoms with Crippen LogP contribution in [0.1, 0.15) is 20.7 Å². The average molecular weight is 487 g/mol. The number of benzene rings is 3. The van der Waals surface area contributed by atoms with E-state index in [4.69, 9.17) is 9.47 Å². The van der Waals surface area contributed by atoms with Crippen molar-refractivity contribution in [2.75, 3.05) is 19.1 Å². The number of carbonyl (C=O) groups excluding carboxylic acids is 2. The molecule has 0 aliphatic carbocycles. The third kappa shape index (κ3) is 4.01. The Morgan fingerprint density at radius 3 is 1.57 bits per heavy atom. The van der Waals surface area contributed by atoms with E-state index >= 15 is 0 Å². The molecular weight excluding hydrogens is 469 g/mol. The standard InChI is InChI=1S/C22H18INO4/c1-27-21(25)17-7-3-5-9-19(17)24(16-13-11-15(23)12-14-16)20-10-6-4-8-18(20)22(26)28-2/h3-14H,1-2H3. The first-order chi connectivity index (χ1) is 13.6. The SMILES string of the molecule is COC(=O)c1ccccc1N(c1ccc(I)cc1)c1ccccc1C(=O)OC. The van der Waals surface area contributed by atoms with Crippen LogP contribution < -0.4 is 4.90 Å². The monoisotopic (exact) mass is 487 g/mol. The maximum atomic E-state index is 12.4. The normalized spacial score (nSPS) is 10.2. The van der Waals surface area contributed by atoms with Crippen LogP contribution in [-0.4, -0.2) is 26.2 Å². The van der Waals surface area contributed by atoms with E-state index in [2.05, 4.69) is 22.6 Å². The maximum absolute atomic E-state index is 12.4. The van der Waals surface area contributed by atoms with E-state index in [9.17, 15) is 9.59 Å². The number of methoxy groups -OCH3 is 2. The van der Waals surface area contributed by atoms with Gasteiger partial charge in [-0.3, -0.25) is 0 Å². The minimum atomic E-state index is -0.457. The minimum Gasteiger partial charge on any atom is -0.465 e. The van der Waals surface area contributed by atoms with Gasteiger partial charge in [-0.15, -0.1) is 0 Å². The molecule has 0 atom stereocenters. The summed E-state index contributed by atoms with van der Waals surface area (Å²) in [5, 5.41) is 0. The van der Waals surface area contributed by atoms with Crippen molar-refractivity contribution in [3.63, 3.8) is 0 Å². The molecule has 0 bridgehead atoms. The van der Waals surface area contributed by atoms with Crippen LogP contribution >= 0.6 is 22.6 Å². The molecule has 0 radical (unpaired) electrons. The summed E-state index contributed by atoms with van der Waals surface area (Å²) in [6.07, 6.45) is 0. The number of rotatable bonds is 5. The Morgan fingerprint density at radius 2 is 1.14 bits per heavy atom. The molecule has 0 aliphatic rings. The number of hydrogen-bond donors (Lipinski definition) is 0. The van der Waals surface area contributed by atoms with Gasteiger partial charge in [0, 0.05) is 9.26 Å². The Labute approximate surface area is 177 Å². The summed E-state index contributed by atoms with van der Waals surface area (Å²) in [6.45, 7) is 0. The molecule has 0 fully saturated rings. The lowest BCUT2D eigenvalue weighted by Crippen LogP contribution is -2.18. The summed E-state index contributed by atoms with van der Waals surface area (Å²) in [4.78, 5) is 26.6. The molecule has 3 rings (SSSR count). The van der Waals surface area contributed by atoms with E-state index in [-0.39, 0.29) is 0 Å². The van der Waals surface area contributed by atoms with Gasteiger partial charge in [-0.2, -0.15) is 0 Å². The molecule has 6 heteroatoms. The van der Waals surface area contributed by atoms with E-state index in [0.717, 1.165) is 9.26 Å². The quantitative estimate of drug-likeness (QED) is 0.360. The van der Waals surface area contributed by atoms with Crippen LogP contribution in [0.2, 0.25) is 0 Å². The van der Waals surface area contributed by atoms with Crippen LogP contribution in [0.3, 0.4) is 0 Å². The molecule has 0 aliphatic heterocycles. The first kappa shape index (κ1) is 19.9. The van der Waals surface area contributed by atoms with Crippen LogP contribution in [0.15, 0.2) is 72.8 Å². The largest absolute Gasteiger partial charge is 0.465 e. The van der Waals surface area contributed by atoms with Gasteiger partial charge in [0.15, 0.2) is 0 Å². The lowest BCUT2D eigenvalue weighted by atomic mass is 10.1. The van der Waals surface area contributed by atoms with Crippen molar-refractivity contribution in [2.24, 2.45) is 0 Å². The van der Waals surface area contributed by atoms with Crippen LogP contribution in [0.4, 0.5) is 17.1 Å². The molecule has 0 unspecified atom stereocenters. The summed E-state index contributed by atoms with van der Waals surface area (Å²) in [6, 6.07) is 22.0.